The Morgan fingerprint density at radius 2 is 1.91 bits per heavy atom. The van der Waals surface area contributed by atoms with Crippen LogP contribution in [0.25, 0.3) is 21.3 Å². The molecule has 9 heteroatoms. The molecular formula is C25H23N3O4S2. The van der Waals surface area contributed by atoms with Crippen LogP contribution in [0.3, 0.4) is 0 Å². The van der Waals surface area contributed by atoms with Crippen LogP contribution in [-0.2, 0) is 23.0 Å². The lowest BCUT2D eigenvalue weighted by atomic mass is 10.0. The fraction of sp³-hybridized carbons (Fsp3) is 0.240. The van der Waals surface area contributed by atoms with Gasteiger partial charge in [-0.15, -0.1) is 11.3 Å². The third-order valence-corrected chi connectivity index (χ3v) is 8.86. The zero-order valence-electron chi connectivity index (χ0n) is 18.8. The van der Waals surface area contributed by atoms with E-state index in [0.717, 1.165) is 22.3 Å². The molecule has 0 unspecified atom stereocenters. The number of thiophene rings is 1. The van der Waals surface area contributed by atoms with Crippen LogP contribution in [0.15, 0.2) is 59.0 Å². The minimum Gasteiger partial charge on any atom is -0.292 e. The third kappa shape index (κ3) is 3.84. The molecule has 34 heavy (non-hydrogen) atoms. The molecule has 0 amide bonds. The predicted octanol–water partition coefficient (Wildman–Crippen LogP) is 4.03. The number of Topliss-reactive ketones (excluding diaryl/α,β-unsaturated/α-hetero) is 1. The summed E-state index contributed by atoms with van der Waals surface area (Å²) in [6.07, 6.45) is 1.97. The van der Waals surface area contributed by atoms with E-state index in [1.807, 2.05) is 36.6 Å². The van der Waals surface area contributed by atoms with Gasteiger partial charge >= 0.3 is 0 Å². The summed E-state index contributed by atoms with van der Waals surface area (Å²) in [6, 6.07) is 13.0. The quantitative estimate of drug-likeness (QED) is 0.379. The topological polar surface area (TPSA) is 89.3 Å². The second kappa shape index (κ2) is 8.48. The number of hydrogen-bond donors (Lipinski definition) is 0. The second-order valence-corrected chi connectivity index (χ2v) is 11.4. The van der Waals surface area contributed by atoms with Crippen molar-refractivity contribution in [3.8, 4) is 11.1 Å². The Balaban J connectivity index is 1.46. The number of carbonyl (C=O) groups excluding carboxylic acids is 1. The van der Waals surface area contributed by atoms with Crippen molar-refractivity contribution in [1.29, 1.82) is 0 Å². The highest BCUT2D eigenvalue weighted by molar-refractivity contribution is 7.92. The van der Waals surface area contributed by atoms with E-state index in [0.29, 0.717) is 34.4 Å². The molecule has 0 bridgehead atoms. The average Bonchev–Trinajstić information content (AvgIpc) is 3.46. The smallest absolute Gasteiger partial charge is 0.263 e. The molecule has 0 radical (unpaired) electrons. The molecule has 2 aromatic heterocycles. The maximum Gasteiger partial charge on any atom is 0.263 e. The highest BCUT2D eigenvalue weighted by Gasteiger charge is 2.28. The van der Waals surface area contributed by atoms with Gasteiger partial charge in [0.2, 0.25) is 10.0 Å². The Kier molecular flexibility index (Phi) is 5.61. The maximum absolute atomic E-state index is 13.3. The van der Waals surface area contributed by atoms with Crippen molar-refractivity contribution in [3.05, 3.63) is 81.2 Å². The molecule has 0 N–H and O–H groups in total. The van der Waals surface area contributed by atoms with E-state index in [4.69, 9.17) is 0 Å². The molecular weight excluding hydrogens is 470 g/mol. The Labute approximate surface area is 201 Å². The standard InChI is InChI=1S/C25H23N3O4S2/c1-3-34(31,32)28-11-10-18-12-19(8-9-21(18)28)22(29)13-27-15-26-24-23(25(27)30)20(14-33-24)17-6-4-16(2)5-7-17/h4-9,12,14-15H,3,10-11,13H2,1-2H3. The number of ketones is 1. The van der Waals surface area contributed by atoms with E-state index in [9.17, 15) is 18.0 Å². The monoisotopic (exact) mass is 493 g/mol. The zero-order chi connectivity index (χ0) is 24.0. The summed E-state index contributed by atoms with van der Waals surface area (Å²) in [7, 11) is -3.35. The first-order valence-corrected chi connectivity index (χ1v) is 13.5. The Morgan fingerprint density at radius 1 is 1.15 bits per heavy atom. The van der Waals surface area contributed by atoms with Gasteiger partial charge in [0.15, 0.2) is 5.78 Å². The average molecular weight is 494 g/mol. The normalized spacial score (nSPS) is 13.4. The molecule has 0 saturated heterocycles. The molecule has 0 atom stereocenters. The van der Waals surface area contributed by atoms with Crippen LogP contribution in [0, 0.1) is 6.92 Å². The molecule has 2 aromatic carbocycles. The van der Waals surface area contributed by atoms with Gasteiger partial charge in [0.1, 0.15) is 4.83 Å². The van der Waals surface area contributed by atoms with E-state index in [-0.39, 0.29) is 23.6 Å². The van der Waals surface area contributed by atoms with Gasteiger partial charge in [-0.2, -0.15) is 0 Å². The SMILES string of the molecule is CCS(=O)(=O)N1CCc2cc(C(=O)Cn3cnc4scc(-c5ccc(C)cc5)c4c3=O)ccc21. The van der Waals surface area contributed by atoms with E-state index < -0.39 is 10.0 Å². The fourth-order valence-corrected chi connectivity index (χ4v) is 6.33. The first kappa shape index (κ1) is 22.5. The number of nitrogens with zero attached hydrogens (tertiary/aromatic N) is 3. The molecule has 1 aliphatic heterocycles. The lowest BCUT2D eigenvalue weighted by Crippen LogP contribution is -2.30. The number of aromatic nitrogens is 2. The van der Waals surface area contributed by atoms with Crippen LogP contribution in [0.1, 0.15) is 28.4 Å². The maximum atomic E-state index is 13.3. The van der Waals surface area contributed by atoms with Gasteiger partial charge in [-0.25, -0.2) is 13.4 Å². The number of rotatable bonds is 6. The van der Waals surface area contributed by atoms with Crippen molar-refractivity contribution in [2.45, 2.75) is 26.8 Å². The lowest BCUT2D eigenvalue weighted by molar-refractivity contribution is 0.0970. The first-order valence-electron chi connectivity index (χ1n) is 11.0. The minimum atomic E-state index is -3.35. The number of hydrogen-bond acceptors (Lipinski definition) is 6. The summed E-state index contributed by atoms with van der Waals surface area (Å²) >= 11 is 1.41. The highest BCUT2D eigenvalue weighted by atomic mass is 32.2. The second-order valence-electron chi connectivity index (χ2n) is 8.36. The number of aryl methyl sites for hydroxylation is 1. The molecule has 0 aliphatic carbocycles. The van der Waals surface area contributed by atoms with Crippen molar-refractivity contribution < 1.29 is 13.2 Å². The molecule has 0 fully saturated rings. The summed E-state index contributed by atoms with van der Waals surface area (Å²) in [6.45, 7) is 3.87. The van der Waals surface area contributed by atoms with Gasteiger partial charge in [-0.1, -0.05) is 29.8 Å². The molecule has 7 nitrogen and oxygen atoms in total. The molecule has 174 valence electrons. The van der Waals surface area contributed by atoms with Crippen LogP contribution in [0.5, 0.6) is 0 Å². The molecule has 3 heterocycles. The lowest BCUT2D eigenvalue weighted by Gasteiger charge is -2.18. The van der Waals surface area contributed by atoms with Crippen molar-refractivity contribution in [2.24, 2.45) is 0 Å². The molecule has 5 rings (SSSR count). The van der Waals surface area contributed by atoms with E-state index in [1.165, 1.54) is 26.5 Å². The van der Waals surface area contributed by atoms with Gasteiger partial charge in [0.05, 0.1) is 29.7 Å². The number of benzene rings is 2. The Morgan fingerprint density at radius 3 is 2.65 bits per heavy atom. The number of anilines is 1. The third-order valence-electron chi connectivity index (χ3n) is 6.19. The number of fused-ring (bicyclic) bond motifs is 2. The largest absolute Gasteiger partial charge is 0.292 e. The van der Waals surface area contributed by atoms with Crippen LogP contribution in [0.2, 0.25) is 0 Å². The van der Waals surface area contributed by atoms with Crippen LogP contribution in [0.4, 0.5) is 5.69 Å². The molecule has 0 saturated carbocycles. The number of carbonyl (C=O) groups is 1. The van der Waals surface area contributed by atoms with Crippen molar-refractivity contribution in [3.63, 3.8) is 0 Å². The number of sulfonamides is 1. The summed E-state index contributed by atoms with van der Waals surface area (Å²) in [5.74, 6) is -0.200. The molecule has 1 aliphatic rings. The molecule has 0 spiro atoms. The van der Waals surface area contributed by atoms with Gasteiger partial charge in [0.25, 0.3) is 5.56 Å². The van der Waals surface area contributed by atoms with Crippen LogP contribution < -0.4 is 9.86 Å². The Hall–Kier alpha value is -3.30. The summed E-state index contributed by atoms with van der Waals surface area (Å²) in [5, 5.41) is 2.44. The summed E-state index contributed by atoms with van der Waals surface area (Å²) in [5.41, 5.74) is 4.53. The summed E-state index contributed by atoms with van der Waals surface area (Å²) in [4.78, 5) is 31.4. The van der Waals surface area contributed by atoms with Crippen molar-refractivity contribution >= 4 is 43.0 Å². The first-order chi connectivity index (χ1) is 16.3. The predicted molar refractivity (Wildman–Crippen MR) is 135 cm³/mol. The van der Waals surface area contributed by atoms with Gasteiger partial charge in [0, 0.05) is 23.1 Å². The van der Waals surface area contributed by atoms with Crippen LogP contribution in [-0.4, -0.2) is 36.0 Å². The van der Waals surface area contributed by atoms with Gasteiger partial charge in [-0.3, -0.25) is 18.5 Å². The van der Waals surface area contributed by atoms with Gasteiger partial charge in [-0.05, 0) is 49.6 Å². The van der Waals surface area contributed by atoms with Crippen molar-refractivity contribution in [2.75, 3.05) is 16.6 Å². The van der Waals surface area contributed by atoms with Crippen molar-refractivity contribution in [1.82, 2.24) is 9.55 Å². The molecule has 4 aromatic rings. The van der Waals surface area contributed by atoms with E-state index in [1.54, 1.807) is 25.1 Å². The van der Waals surface area contributed by atoms with E-state index in [2.05, 4.69) is 4.98 Å². The van der Waals surface area contributed by atoms with E-state index >= 15 is 0 Å². The van der Waals surface area contributed by atoms with Gasteiger partial charge < -0.3 is 0 Å². The fourth-order valence-electron chi connectivity index (χ4n) is 4.26. The zero-order valence-corrected chi connectivity index (χ0v) is 20.4. The highest BCUT2D eigenvalue weighted by Crippen LogP contribution is 2.32. The Bertz CT molecular complexity index is 1580. The summed E-state index contributed by atoms with van der Waals surface area (Å²) < 4.78 is 27.4. The van der Waals surface area contributed by atoms with Crippen LogP contribution >= 0.6 is 11.3 Å². The minimum absolute atomic E-state index is 0.0265.